The van der Waals surface area contributed by atoms with Crippen LogP contribution in [-0.2, 0) is 32.9 Å². The molecule has 1 aliphatic carbocycles. The van der Waals surface area contributed by atoms with Crippen molar-refractivity contribution >= 4 is 21.7 Å². The largest absolute Gasteiger partial charge is 0.491 e. The number of aliphatic hydroxyl groups excluding tert-OH is 1. The van der Waals surface area contributed by atoms with Crippen LogP contribution in [0.15, 0.2) is 103 Å². The molecule has 1 aliphatic rings. The van der Waals surface area contributed by atoms with Crippen LogP contribution in [0.25, 0.3) is 0 Å². The van der Waals surface area contributed by atoms with E-state index in [1.54, 1.807) is 18.2 Å². The molecule has 1 atom stereocenters. The molecule has 5 rings (SSSR count). The Bertz CT molecular complexity index is 1730. The second kappa shape index (κ2) is 17.2. The van der Waals surface area contributed by atoms with Crippen LogP contribution in [0.1, 0.15) is 55.2 Å². The van der Waals surface area contributed by atoms with E-state index in [4.69, 9.17) is 14.4 Å². The zero-order valence-corrected chi connectivity index (χ0v) is 28.7. The quantitative estimate of drug-likeness (QED) is 0.101. The van der Waals surface area contributed by atoms with Crippen LogP contribution in [0.5, 0.6) is 17.2 Å². The molecule has 0 heterocycles. The van der Waals surface area contributed by atoms with Gasteiger partial charge in [-0.25, -0.2) is 13.2 Å². The van der Waals surface area contributed by atoms with Crippen LogP contribution in [0.2, 0.25) is 0 Å². The summed E-state index contributed by atoms with van der Waals surface area (Å²) in [5.41, 5.74) is 3.60. The molecule has 0 spiro atoms. The predicted molar refractivity (Wildman–Crippen MR) is 188 cm³/mol. The minimum absolute atomic E-state index is 0.0327. The Hall–Kier alpha value is -4.58. The summed E-state index contributed by atoms with van der Waals surface area (Å²) in [5, 5.41) is 11.2. The normalized spacial score (nSPS) is 16.8. The maximum Gasteiger partial charge on any atom is 0.352 e. The highest BCUT2D eigenvalue weighted by Gasteiger charge is 2.28. The average Bonchev–Trinajstić information content (AvgIpc) is 3.10. The number of ether oxygens (including phenoxy) is 2. The molecule has 2 N–H and O–H groups in total. The third-order valence-corrected chi connectivity index (χ3v) is 9.01. The first-order valence-electron chi connectivity index (χ1n) is 16.4. The third kappa shape index (κ3) is 11.5. The number of aliphatic hydroxyl groups is 1. The number of nitrogens with one attached hydrogen (secondary N) is 1. The van der Waals surface area contributed by atoms with Crippen molar-refractivity contribution in [2.75, 3.05) is 24.1 Å². The van der Waals surface area contributed by atoms with E-state index in [0.29, 0.717) is 36.3 Å². The Kier molecular flexibility index (Phi) is 12.5. The summed E-state index contributed by atoms with van der Waals surface area (Å²) in [6, 6.07) is 32.7. The Morgan fingerprint density at radius 2 is 1.49 bits per heavy atom. The van der Waals surface area contributed by atoms with Gasteiger partial charge in [-0.2, -0.15) is 0 Å². The van der Waals surface area contributed by atoms with Gasteiger partial charge in [0.1, 0.15) is 30.8 Å². The van der Waals surface area contributed by atoms with Crippen LogP contribution in [0, 0.1) is 0 Å². The molecular formula is C38H44N2O8S. The van der Waals surface area contributed by atoms with Crippen molar-refractivity contribution in [2.45, 2.75) is 63.8 Å². The van der Waals surface area contributed by atoms with Crippen molar-refractivity contribution < 1.29 is 37.6 Å². The number of carbonyl (C=O) groups excluding carboxylic acids is 1. The highest BCUT2D eigenvalue weighted by Crippen LogP contribution is 2.36. The van der Waals surface area contributed by atoms with Crippen LogP contribution < -0.4 is 19.1 Å². The van der Waals surface area contributed by atoms with Crippen molar-refractivity contribution in [2.24, 2.45) is 0 Å². The van der Waals surface area contributed by atoms with E-state index >= 15 is 0 Å². The monoisotopic (exact) mass is 688 g/mol. The minimum Gasteiger partial charge on any atom is -0.491 e. The van der Waals surface area contributed by atoms with E-state index in [0.717, 1.165) is 37.5 Å². The lowest BCUT2D eigenvalue weighted by molar-refractivity contribution is -0.210. The zero-order valence-electron chi connectivity index (χ0n) is 27.9. The van der Waals surface area contributed by atoms with Gasteiger partial charge in [-0.1, -0.05) is 72.8 Å². The second-order valence-corrected chi connectivity index (χ2v) is 14.2. The van der Waals surface area contributed by atoms with E-state index in [9.17, 15) is 18.3 Å². The highest BCUT2D eigenvalue weighted by molar-refractivity contribution is 7.92. The second-order valence-electron chi connectivity index (χ2n) is 12.4. The molecule has 0 radical (unpaired) electrons. The molecule has 260 valence electrons. The molecule has 0 amide bonds. The van der Waals surface area contributed by atoms with Gasteiger partial charge in [0.15, 0.2) is 5.75 Å². The van der Waals surface area contributed by atoms with E-state index < -0.39 is 22.1 Å². The standard InChI is InChI=1S/C38H44N2O8S/c1-28(41)47-48-35-19-15-32(16-20-35)31-13-17-33(18-14-31)40(24-29-9-5-3-6-10-29)25-34(42)27-45-36-21-22-38(37(23-36)39-49(2,43)44)46-26-30-11-7-4-8-12-30/h3-12,15-16,19-23,31,33-34,39,42H,13-14,17-18,24-27H2,1-2H3/t31?,33?,34-/m0/s1. The molecule has 0 unspecified atom stereocenters. The lowest BCUT2D eigenvalue weighted by atomic mass is 9.81. The Morgan fingerprint density at radius 3 is 2.12 bits per heavy atom. The van der Waals surface area contributed by atoms with Crippen molar-refractivity contribution in [3.8, 4) is 17.2 Å². The number of hydrogen-bond acceptors (Lipinski definition) is 9. The van der Waals surface area contributed by atoms with Crippen LogP contribution in [0.4, 0.5) is 5.69 Å². The molecule has 1 fully saturated rings. The van der Waals surface area contributed by atoms with Gasteiger partial charge >= 0.3 is 5.97 Å². The van der Waals surface area contributed by atoms with Crippen LogP contribution in [-0.4, -0.2) is 55.9 Å². The first kappa shape index (κ1) is 35.7. The minimum atomic E-state index is -3.58. The third-order valence-electron chi connectivity index (χ3n) is 8.42. The van der Waals surface area contributed by atoms with Crippen molar-refractivity contribution in [1.29, 1.82) is 0 Å². The number of anilines is 1. The predicted octanol–water partition coefficient (Wildman–Crippen LogP) is 6.46. The molecular weight excluding hydrogens is 644 g/mol. The maximum absolute atomic E-state index is 12.1. The number of hydrogen-bond donors (Lipinski definition) is 2. The van der Waals surface area contributed by atoms with Crippen molar-refractivity contribution in [3.63, 3.8) is 0 Å². The lowest BCUT2D eigenvalue weighted by Crippen LogP contribution is -2.43. The SMILES string of the molecule is CC(=O)OOc1ccc(C2CCC(N(Cc3ccccc3)C[C@H](O)COc3ccc(OCc4ccccc4)c(NS(C)(=O)=O)c3)CC2)cc1. The molecule has 1 saturated carbocycles. The first-order valence-corrected chi connectivity index (χ1v) is 18.3. The Labute approximate surface area is 288 Å². The Balaban J connectivity index is 1.20. The summed E-state index contributed by atoms with van der Waals surface area (Å²) in [5.74, 6) is 1.16. The van der Waals surface area contributed by atoms with Crippen molar-refractivity contribution in [3.05, 3.63) is 120 Å². The van der Waals surface area contributed by atoms with Gasteiger partial charge in [0.2, 0.25) is 10.0 Å². The van der Waals surface area contributed by atoms with Crippen molar-refractivity contribution in [1.82, 2.24) is 4.90 Å². The van der Waals surface area contributed by atoms with Gasteiger partial charge in [-0.15, -0.1) is 0 Å². The number of carbonyl (C=O) groups is 1. The van der Waals surface area contributed by atoms with Gasteiger partial charge in [0.05, 0.1) is 11.9 Å². The van der Waals surface area contributed by atoms with Gasteiger partial charge in [0.25, 0.3) is 0 Å². The van der Waals surface area contributed by atoms with E-state index in [1.807, 2.05) is 72.8 Å². The number of sulfonamides is 1. The van der Waals surface area contributed by atoms with E-state index in [-0.39, 0.29) is 24.9 Å². The highest BCUT2D eigenvalue weighted by atomic mass is 32.2. The smallest absolute Gasteiger partial charge is 0.352 e. The van der Waals surface area contributed by atoms with E-state index in [2.05, 4.69) is 26.6 Å². The van der Waals surface area contributed by atoms with E-state index in [1.165, 1.54) is 18.1 Å². The van der Waals surface area contributed by atoms with Gasteiger partial charge < -0.3 is 14.6 Å². The number of benzene rings is 4. The molecule has 49 heavy (non-hydrogen) atoms. The van der Waals surface area contributed by atoms with Gasteiger partial charge in [0, 0.05) is 32.1 Å². The summed E-state index contributed by atoms with van der Waals surface area (Å²) in [6.07, 6.45) is 4.25. The number of rotatable bonds is 16. The fraction of sp³-hybridized carbons (Fsp3) is 0.342. The van der Waals surface area contributed by atoms with Gasteiger partial charge in [-0.3, -0.25) is 19.4 Å². The topological polar surface area (TPSA) is 124 Å². The van der Waals surface area contributed by atoms with Gasteiger partial charge in [-0.05, 0) is 72.6 Å². The molecule has 0 aromatic heterocycles. The summed E-state index contributed by atoms with van der Waals surface area (Å²) in [4.78, 5) is 23.0. The Morgan fingerprint density at radius 1 is 0.857 bits per heavy atom. The molecule has 0 bridgehead atoms. The summed E-state index contributed by atoms with van der Waals surface area (Å²) in [7, 11) is -3.58. The molecule has 4 aromatic rings. The molecule has 4 aromatic carbocycles. The summed E-state index contributed by atoms with van der Waals surface area (Å²) in [6.45, 7) is 2.71. The zero-order chi connectivity index (χ0) is 34.6. The number of nitrogens with zero attached hydrogens (tertiary/aromatic N) is 1. The maximum atomic E-state index is 12.1. The average molecular weight is 689 g/mol. The molecule has 0 saturated heterocycles. The fourth-order valence-corrected chi connectivity index (χ4v) is 6.65. The fourth-order valence-electron chi connectivity index (χ4n) is 6.09. The first-order chi connectivity index (χ1) is 23.6. The summed E-state index contributed by atoms with van der Waals surface area (Å²) < 4.78 is 38.7. The van der Waals surface area contributed by atoms with Crippen LogP contribution >= 0.6 is 0 Å². The summed E-state index contributed by atoms with van der Waals surface area (Å²) >= 11 is 0. The molecule has 0 aliphatic heterocycles. The molecule has 10 nitrogen and oxygen atoms in total. The lowest BCUT2D eigenvalue weighted by Gasteiger charge is -2.38. The molecule has 11 heteroatoms. The van der Waals surface area contributed by atoms with Crippen LogP contribution in [0.3, 0.4) is 0 Å².